The number of aromatic nitrogens is 2. The van der Waals surface area contributed by atoms with Gasteiger partial charge in [0.1, 0.15) is 18.1 Å². The lowest BCUT2D eigenvalue weighted by Gasteiger charge is -2.18. The smallest absolute Gasteiger partial charge is 0.272 e. The van der Waals surface area contributed by atoms with Crippen molar-refractivity contribution in [2.45, 2.75) is 18.8 Å². The zero-order valence-corrected chi connectivity index (χ0v) is 16.5. The number of para-hydroxylation sites is 2. The van der Waals surface area contributed by atoms with E-state index in [2.05, 4.69) is 0 Å². The molecule has 4 rings (SSSR count). The van der Waals surface area contributed by atoms with Gasteiger partial charge in [0.05, 0.1) is 22.9 Å². The fraction of sp³-hybridized carbons (Fsp3) is 0.273. The molecule has 1 saturated carbocycles. The number of nitrogens with zero attached hydrogens (tertiary/aromatic N) is 3. The standard InChI is InChI=1S/C22H22ClN3O2/c1-25(13-14-28-21-10-6-5-9-18(21)23)22(27)20-15-19(16-11-12-16)24-26(20)17-7-3-2-4-8-17/h2-10,15-16H,11-14H2,1H3. The van der Waals surface area contributed by atoms with E-state index in [0.717, 1.165) is 24.2 Å². The van der Waals surface area contributed by atoms with Gasteiger partial charge in [0.2, 0.25) is 0 Å². The number of benzene rings is 2. The van der Waals surface area contributed by atoms with Crippen LogP contribution in [0.3, 0.4) is 0 Å². The van der Waals surface area contributed by atoms with Gasteiger partial charge in [0.15, 0.2) is 0 Å². The van der Waals surface area contributed by atoms with Crippen LogP contribution in [0, 0.1) is 0 Å². The van der Waals surface area contributed by atoms with E-state index in [4.69, 9.17) is 21.4 Å². The van der Waals surface area contributed by atoms with Gasteiger partial charge in [-0.1, -0.05) is 41.9 Å². The summed E-state index contributed by atoms with van der Waals surface area (Å²) < 4.78 is 7.46. The molecule has 1 heterocycles. The molecule has 1 aliphatic carbocycles. The first-order valence-corrected chi connectivity index (χ1v) is 9.79. The van der Waals surface area contributed by atoms with Crippen LogP contribution in [0.25, 0.3) is 5.69 Å². The average Bonchev–Trinajstić information content (AvgIpc) is 3.48. The lowest BCUT2D eigenvalue weighted by molar-refractivity contribution is 0.0765. The minimum atomic E-state index is -0.0778. The van der Waals surface area contributed by atoms with Crippen molar-refractivity contribution in [2.75, 3.05) is 20.2 Å². The third-order valence-electron chi connectivity index (χ3n) is 4.81. The normalized spacial score (nSPS) is 13.4. The SMILES string of the molecule is CN(CCOc1ccccc1Cl)C(=O)c1cc(C2CC2)nn1-c1ccccc1. The Balaban J connectivity index is 1.48. The summed E-state index contributed by atoms with van der Waals surface area (Å²) in [6.45, 7) is 0.809. The van der Waals surface area contributed by atoms with E-state index in [9.17, 15) is 4.79 Å². The van der Waals surface area contributed by atoms with Crippen LogP contribution in [-0.4, -0.2) is 40.8 Å². The second-order valence-electron chi connectivity index (χ2n) is 6.98. The predicted octanol–water partition coefficient (Wildman–Crippen LogP) is 4.55. The highest BCUT2D eigenvalue weighted by atomic mass is 35.5. The maximum atomic E-state index is 13.1. The largest absolute Gasteiger partial charge is 0.490 e. The van der Waals surface area contributed by atoms with Crippen LogP contribution in [-0.2, 0) is 0 Å². The lowest BCUT2D eigenvalue weighted by Crippen LogP contribution is -2.32. The number of hydrogen-bond donors (Lipinski definition) is 0. The molecule has 0 saturated heterocycles. The summed E-state index contributed by atoms with van der Waals surface area (Å²) in [6.07, 6.45) is 2.28. The summed E-state index contributed by atoms with van der Waals surface area (Å²) in [5.74, 6) is 1.02. The van der Waals surface area contributed by atoms with Gasteiger partial charge in [-0.25, -0.2) is 4.68 Å². The van der Waals surface area contributed by atoms with Crippen LogP contribution >= 0.6 is 11.6 Å². The summed E-state index contributed by atoms with van der Waals surface area (Å²) in [4.78, 5) is 14.7. The van der Waals surface area contributed by atoms with Gasteiger partial charge in [-0.15, -0.1) is 0 Å². The maximum Gasteiger partial charge on any atom is 0.272 e. The molecule has 28 heavy (non-hydrogen) atoms. The number of ether oxygens (including phenoxy) is 1. The molecule has 1 amide bonds. The molecule has 1 fully saturated rings. The van der Waals surface area contributed by atoms with Crippen LogP contribution in [0.5, 0.6) is 5.75 Å². The van der Waals surface area contributed by atoms with Crippen molar-refractivity contribution >= 4 is 17.5 Å². The quantitative estimate of drug-likeness (QED) is 0.589. The second kappa shape index (κ2) is 8.07. The van der Waals surface area contributed by atoms with E-state index in [1.807, 2.05) is 54.6 Å². The molecule has 6 heteroatoms. The number of carbonyl (C=O) groups excluding carboxylic acids is 1. The summed E-state index contributed by atoms with van der Waals surface area (Å²) in [6, 6.07) is 19.0. The van der Waals surface area contributed by atoms with Crippen molar-refractivity contribution in [3.05, 3.63) is 77.1 Å². The zero-order chi connectivity index (χ0) is 19.5. The molecular weight excluding hydrogens is 374 g/mol. The van der Waals surface area contributed by atoms with Crippen molar-refractivity contribution in [1.29, 1.82) is 0 Å². The second-order valence-corrected chi connectivity index (χ2v) is 7.39. The highest BCUT2D eigenvalue weighted by molar-refractivity contribution is 6.32. The molecule has 3 aromatic rings. The van der Waals surface area contributed by atoms with Gasteiger partial charge in [-0.05, 0) is 43.2 Å². The van der Waals surface area contributed by atoms with Crippen LogP contribution in [0.4, 0.5) is 0 Å². The van der Waals surface area contributed by atoms with Gasteiger partial charge >= 0.3 is 0 Å². The highest BCUT2D eigenvalue weighted by Crippen LogP contribution is 2.39. The van der Waals surface area contributed by atoms with E-state index in [0.29, 0.717) is 35.5 Å². The van der Waals surface area contributed by atoms with Crippen molar-refractivity contribution in [1.82, 2.24) is 14.7 Å². The Bertz CT molecular complexity index is 967. The Morgan fingerprint density at radius 3 is 2.61 bits per heavy atom. The first-order chi connectivity index (χ1) is 13.6. The van der Waals surface area contributed by atoms with Crippen molar-refractivity contribution < 1.29 is 9.53 Å². The summed E-state index contributed by atoms with van der Waals surface area (Å²) in [5.41, 5.74) is 2.46. The minimum Gasteiger partial charge on any atom is -0.490 e. The molecule has 0 atom stereocenters. The third-order valence-corrected chi connectivity index (χ3v) is 5.12. The van der Waals surface area contributed by atoms with E-state index >= 15 is 0 Å². The van der Waals surface area contributed by atoms with E-state index in [-0.39, 0.29) is 5.91 Å². The number of carbonyl (C=O) groups is 1. The van der Waals surface area contributed by atoms with Crippen molar-refractivity contribution in [3.63, 3.8) is 0 Å². The Morgan fingerprint density at radius 2 is 1.89 bits per heavy atom. The van der Waals surface area contributed by atoms with E-state index in [1.54, 1.807) is 22.7 Å². The topological polar surface area (TPSA) is 47.4 Å². The Hall–Kier alpha value is -2.79. The van der Waals surface area contributed by atoms with Gasteiger partial charge in [-0.2, -0.15) is 5.10 Å². The Kier molecular flexibility index (Phi) is 5.35. The van der Waals surface area contributed by atoms with Crippen LogP contribution in [0.2, 0.25) is 5.02 Å². The van der Waals surface area contributed by atoms with E-state index < -0.39 is 0 Å². The molecule has 0 unspecified atom stereocenters. The monoisotopic (exact) mass is 395 g/mol. The van der Waals surface area contributed by atoms with Gasteiger partial charge in [0.25, 0.3) is 5.91 Å². The van der Waals surface area contributed by atoms with Crippen LogP contribution in [0.1, 0.15) is 34.9 Å². The fourth-order valence-electron chi connectivity index (χ4n) is 3.05. The molecule has 0 bridgehead atoms. The van der Waals surface area contributed by atoms with E-state index in [1.165, 1.54) is 0 Å². The minimum absolute atomic E-state index is 0.0778. The van der Waals surface area contributed by atoms with Gasteiger partial charge in [-0.3, -0.25) is 4.79 Å². The van der Waals surface area contributed by atoms with Gasteiger partial charge in [0, 0.05) is 13.0 Å². The summed E-state index contributed by atoms with van der Waals surface area (Å²) in [7, 11) is 1.78. The Morgan fingerprint density at radius 1 is 1.18 bits per heavy atom. The maximum absolute atomic E-state index is 13.1. The number of halogens is 1. The number of rotatable bonds is 7. The molecule has 0 N–H and O–H groups in total. The van der Waals surface area contributed by atoms with Gasteiger partial charge < -0.3 is 9.64 Å². The molecule has 2 aromatic carbocycles. The van der Waals surface area contributed by atoms with Crippen molar-refractivity contribution in [3.8, 4) is 11.4 Å². The van der Waals surface area contributed by atoms with Crippen molar-refractivity contribution in [2.24, 2.45) is 0 Å². The number of likely N-dealkylation sites (N-methyl/N-ethyl adjacent to an activating group) is 1. The van der Waals surface area contributed by atoms with Crippen LogP contribution in [0.15, 0.2) is 60.7 Å². The molecule has 0 radical (unpaired) electrons. The summed E-state index contributed by atoms with van der Waals surface area (Å²) in [5, 5.41) is 5.27. The summed E-state index contributed by atoms with van der Waals surface area (Å²) >= 11 is 6.11. The molecule has 1 aliphatic rings. The molecular formula is C22H22ClN3O2. The molecule has 5 nitrogen and oxygen atoms in total. The predicted molar refractivity (Wildman–Crippen MR) is 109 cm³/mol. The van der Waals surface area contributed by atoms with Crippen LogP contribution < -0.4 is 4.74 Å². The molecule has 0 spiro atoms. The first kappa shape index (κ1) is 18.6. The molecule has 144 valence electrons. The number of hydrogen-bond acceptors (Lipinski definition) is 3. The molecule has 1 aromatic heterocycles. The lowest BCUT2D eigenvalue weighted by atomic mass is 10.2. The number of amides is 1. The Labute approximate surface area is 169 Å². The zero-order valence-electron chi connectivity index (χ0n) is 15.7. The molecule has 0 aliphatic heterocycles. The first-order valence-electron chi connectivity index (χ1n) is 9.41. The highest BCUT2D eigenvalue weighted by Gasteiger charge is 2.29. The fourth-order valence-corrected chi connectivity index (χ4v) is 3.24. The third kappa shape index (κ3) is 4.04. The average molecular weight is 396 g/mol.